The van der Waals surface area contributed by atoms with E-state index in [0.717, 1.165) is 0 Å². The van der Waals surface area contributed by atoms with E-state index in [4.69, 9.17) is 4.42 Å². The van der Waals surface area contributed by atoms with Gasteiger partial charge in [-0.15, -0.1) is 0 Å². The summed E-state index contributed by atoms with van der Waals surface area (Å²) in [6.45, 7) is 5.01. The van der Waals surface area contributed by atoms with Gasteiger partial charge in [0.1, 0.15) is 10.7 Å². The number of likely N-dealkylation sites (N-methyl/N-ethyl adjacent to an activating group) is 1. The van der Waals surface area contributed by atoms with Crippen molar-refractivity contribution in [2.45, 2.75) is 13.8 Å². The minimum absolute atomic E-state index is 0.144. The highest BCUT2D eigenvalue weighted by Crippen LogP contribution is 2.16. The molecule has 17 heavy (non-hydrogen) atoms. The Morgan fingerprint density at radius 3 is 2.59 bits per heavy atom. The average Bonchev–Trinajstić information content (AvgIpc) is 2.76. The Labute approximate surface area is 98.7 Å². The molecule has 0 aliphatic carbocycles. The first-order valence-electron chi connectivity index (χ1n) is 5.29. The predicted octanol–water partition coefficient (Wildman–Crippen LogP) is 2.07. The summed E-state index contributed by atoms with van der Waals surface area (Å²) in [6.07, 6.45) is 2.77. The van der Waals surface area contributed by atoms with Crippen LogP contribution in [-0.4, -0.2) is 28.8 Å². The Bertz CT molecular complexity index is 432. The van der Waals surface area contributed by atoms with Crippen LogP contribution in [0.15, 0.2) is 22.6 Å². The molecular formula is C11H14N2O4. The molecule has 0 bridgehead atoms. The molecule has 6 heteroatoms. The van der Waals surface area contributed by atoms with Gasteiger partial charge in [0.25, 0.3) is 0 Å². The van der Waals surface area contributed by atoms with Gasteiger partial charge in [0.2, 0.25) is 5.91 Å². The normalized spacial score (nSPS) is 10.7. The van der Waals surface area contributed by atoms with Crippen LogP contribution in [0.5, 0.6) is 0 Å². The maximum Gasteiger partial charge on any atom is 0.433 e. The summed E-state index contributed by atoms with van der Waals surface area (Å²) in [5.41, 5.74) is 0. The van der Waals surface area contributed by atoms with E-state index in [1.165, 1.54) is 24.3 Å². The number of carbonyl (C=O) groups excluding carboxylic acids is 1. The van der Waals surface area contributed by atoms with Gasteiger partial charge >= 0.3 is 5.88 Å². The second-order valence-corrected chi connectivity index (χ2v) is 3.28. The molecule has 0 unspecified atom stereocenters. The molecule has 0 atom stereocenters. The second-order valence-electron chi connectivity index (χ2n) is 3.28. The quantitative estimate of drug-likeness (QED) is 0.447. The summed E-state index contributed by atoms with van der Waals surface area (Å²) < 4.78 is 4.89. The van der Waals surface area contributed by atoms with Crippen molar-refractivity contribution >= 4 is 17.9 Å². The van der Waals surface area contributed by atoms with Crippen molar-refractivity contribution in [1.82, 2.24) is 4.90 Å². The Kier molecular flexibility index (Phi) is 4.45. The smallest absolute Gasteiger partial charge is 0.401 e. The minimum Gasteiger partial charge on any atom is -0.401 e. The van der Waals surface area contributed by atoms with Gasteiger partial charge in [0.05, 0.1) is 6.07 Å². The van der Waals surface area contributed by atoms with Crippen molar-refractivity contribution < 1.29 is 14.1 Å². The zero-order valence-corrected chi connectivity index (χ0v) is 9.75. The van der Waals surface area contributed by atoms with E-state index in [1.807, 2.05) is 13.8 Å². The van der Waals surface area contributed by atoms with E-state index < -0.39 is 4.92 Å². The largest absolute Gasteiger partial charge is 0.433 e. The summed E-state index contributed by atoms with van der Waals surface area (Å²) >= 11 is 0. The highest BCUT2D eigenvalue weighted by Gasteiger charge is 2.10. The predicted molar refractivity (Wildman–Crippen MR) is 62.3 cm³/mol. The third-order valence-electron chi connectivity index (χ3n) is 2.26. The molecule has 1 aromatic rings. The van der Waals surface area contributed by atoms with Gasteiger partial charge < -0.3 is 9.32 Å². The Morgan fingerprint density at radius 1 is 1.47 bits per heavy atom. The third-order valence-corrected chi connectivity index (χ3v) is 2.26. The molecule has 0 saturated carbocycles. The topological polar surface area (TPSA) is 76.6 Å². The molecule has 0 aliphatic heterocycles. The molecule has 0 spiro atoms. The van der Waals surface area contributed by atoms with Crippen LogP contribution in [0.25, 0.3) is 6.08 Å². The van der Waals surface area contributed by atoms with E-state index in [0.29, 0.717) is 13.1 Å². The lowest BCUT2D eigenvalue weighted by Gasteiger charge is -2.15. The van der Waals surface area contributed by atoms with Crippen LogP contribution in [0, 0.1) is 10.1 Å². The first kappa shape index (κ1) is 13.0. The van der Waals surface area contributed by atoms with Crippen LogP contribution in [0.1, 0.15) is 19.6 Å². The van der Waals surface area contributed by atoms with Crippen LogP contribution in [0.4, 0.5) is 5.88 Å². The average molecular weight is 238 g/mol. The minimum atomic E-state index is -0.621. The first-order chi connectivity index (χ1) is 8.08. The van der Waals surface area contributed by atoms with Gasteiger partial charge in [0.15, 0.2) is 0 Å². The van der Waals surface area contributed by atoms with E-state index in [2.05, 4.69) is 0 Å². The fraction of sp³-hybridized carbons (Fsp3) is 0.364. The maximum atomic E-state index is 11.6. The van der Waals surface area contributed by atoms with Crippen LogP contribution >= 0.6 is 0 Å². The molecule has 1 amide bonds. The van der Waals surface area contributed by atoms with Gasteiger partial charge in [0, 0.05) is 19.2 Å². The standard InChI is InChI=1S/C11H14N2O4/c1-3-12(4-2)10(14)7-5-9-6-8-11(17-9)13(15)16/h5-8H,3-4H2,1-2H3. The summed E-state index contributed by atoms with van der Waals surface area (Å²) in [5, 5.41) is 10.4. The molecule has 0 fully saturated rings. The lowest BCUT2D eigenvalue weighted by atomic mass is 10.3. The number of nitrogens with zero attached hydrogens (tertiary/aromatic N) is 2. The Morgan fingerprint density at radius 2 is 2.12 bits per heavy atom. The molecule has 0 aliphatic rings. The van der Waals surface area contributed by atoms with Crippen molar-refractivity contribution in [3.8, 4) is 0 Å². The third kappa shape index (κ3) is 3.44. The van der Waals surface area contributed by atoms with E-state index in [9.17, 15) is 14.9 Å². The number of carbonyl (C=O) groups is 1. The molecule has 6 nitrogen and oxygen atoms in total. The molecule has 0 N–H and O–H groups in total. The Hall–Kier alpha value is -2.11. The van der Waals surface area contributed by atoms with Crippen molar-refractivity contribution in [1.29, 1.82) is 0 Å². The summed E-state index contributed by atoms with van der Waals surface area (Å²) in [6, 6.07) is 2.70. The zero-order valence-electron chi connectivity index (χ0n) is 9.75. The van der Waals surface area contributed by atoms with E-state index >= 15 is 0 Å². The van der Waals surface area contributed by atoms with Crippen LogP contribution in [0.2, 0.25) is 0 Å². The molecule has 0 aromatic carbocycles. The Balaban J connectivity index is 2.69. The molecule has 92 valence electrons. The zero-order chi connectivity index (χ0) is 12.8. The molecular weight excluding hydrogens is 224 g/mol. The first-order valence-corrected chi connectivity index (χ1v) is 5.29. The van der Waals surface area contributed by atoms with Gasteiger partial charge in [-0.2, -0.15) is 0 Å². The van der Waals surface area contributed by atoms with Gasteiger partial charge in [-0.05, 0) is 26.0 Å². The molecule has 0 saturated heterocycles. The second kappa shape index (κ2) is 5.83. The highest BCUT2D eigenvalue weighted by atomic mass is 16.6. The number of hydrogen-bond acceptors (Lipinski definition) is 4. The lowest BCUT2D eigenvalue weighted by molar-refractivity contribution is -0.402. The number of amides is 1. The summed E-state index contributed by atoms with van der Waals surface area (Å²) in [7, 11) is 0. The van der Waals surface area contributed by atoms with Gasteiger partial charge in [-0.3, -0.25) is 14.9 Å². The van der Waals surface area contributed by atoms with Crippen LogP contribution in [0.3, 0.4) is 0 Å². The highest BCUT2D eigenvalue weighted by molar-refractivity contribution is 5.91. The van der Waals surface area contributed by atoms with Crippen molar-refractivity contribution in [3.05, 3.63) is 34.1 Å². The maximum absolute atomic E-state index is 11.6. The van der Waals surface area contributed by atoms with Crippen molar-refractivity contribution in [2.75, 3.05) is 13.1 Å². The molecule has 0 radical (unpaired) electrons. The number of hydrogen-bond donors (Lipinski definition) is 0. The number of rotatable bonds is 5. The summed E-state index contributed by atoms with van der Waals surface area (Å²) in [4.78, 5) is 23.0. The fourth-order valence-electron chi connectivity index (χ4n) is 1.32. The van der Waals surface area contributed by atoms with Crippen LogP contribution < -0.4 is 0 Å². The van der Waals surface area contributed by atoms with Gasteiger partial charge in [-0.25, -0.2) is 0 Å². The molecule has 1 heterocycles. The lowest BCUT2D eigenvalue weighted by Crippen LogP contribution is -2.28. The van der Waals surface area contributed by atoms with Crippen LogP contribution in [-0.2, 0) is 4.79 Å². The van der Waals surface area contributed by atoms with E-state index in [1.54, 1.807) is 4.90 Å². The fourth-order valence-corrected chi connectivity index (χ4v) is 1.32. The monoisotopic (exact) mass is 238 g/mol. The SMILES string of the molecule is CCN(CC)C(=O)C=Cc1ccc([N+](=O)[O-])o1. The molecule has 1 rings (SSSR count). The van der Waals surface area contributed by atoms with E-state index in [-0.39, 0.29) is 17.6 Å². The summed E-state index contributed by atoms with van der Waals surface area (Å²) in [5.74, 6) is -0.189. The van der Waals surface area contributed by atoms with Gasteiger partial charge in [-0.1, -0.05) is 0 Å². The van der Waals surface area contributed by atoms with Crippen molar-refractivity contribution in [2.24, 2.45) is 0 Å². The number of nitro groups is 1. The number of furan rings is 1. The molecule has 1 aromatic heterocycles. The van der Waals surface area contributed by atoms with Crippen molar-refractivity contribution in [3.63, 3.8) is 0 Å².